The fourth-order valence-electron chi connectivity index (χ4n) is 3.40. The van der Waals surface area contributed by atoms with E-state index in [0.29, 0.717) is 56.3 Å². The molecular formula is C23H26N4O5. The van der Waals surface area contributed by atoms with E-state index in [1.165, 1.54) is 0 Å². The molecule has 0 aromatic heterocycles. The molecule has 2 aromatic carbocycles. The van der Waals surface area contributed by atoms with Crippen LogP contribution in [0.1, 0.15) is 19.3 Å². The van der Waals surface area contributed by atoms with Gasteiger partial charge in [0.25, 0.3) is 5.91 Å². The van der Waals surface area contributed by atoms with Gasteiger partial charge in [0.15, 0.2) is 18.1 Å². The van der Waals surface area contributed by atoms with Crippen molar-refractivity contribution in [2.24, 2.45) is 5.16 Å². The van der Waals surface area contributed by atoms with E-state index >= 15 is 0 Å². The van der Waals surface area contributed by atoms with E-state index in [4.69, 9.17) is 14.3 Å². The van der Waals surface area contributed by atoms with Crippen molar-refractivity contribution in [2.45, 2.75) is 19.3 Å². The SMILES string of the molecule is O=C(CON=C1CCN(C(=O)Nc2ccccc2)CC1)Nc1ccc2c(c1)OCCCO2. The van der Waals surface area contributed by atoms with Crippen LogP contribution in [-0.2, 0) is 9.63 Å². The molecule has 0 aliphatic carbocycles. The quantitative estimate of drug-likeness (QED) is 0.696. The highest BCUT2D eigenvalue weighted by Gasteiger charge is 2.20. The molecule has 9 heteroatoms. The molecule has 0 unspecified atom stereocenters. The molecule has 2 N–H and O–H groups in total. The fraction of sp³-hybridized carbons (Fsp3) is 0.348. The van der Waals surface area contributed by atoms with Crippen molar-refractivity contribution in [2.75, 3.05) is 43.5 Å². The molecule has 0 saturated carbocycles. The third kappa shape index (κ3) is 5.90. The summed E-state index contributed by atoms with van der Waals surface area (Å²) >= 11 is 0. The first-order valence-corrected chi connectivity index (χ1v) is 10.7. The van der Waals surface area contributed by atoms with E-state index < -0.39 is 0 Å². The van der Waals surface area contributed by atoms with Crippen LogP contribution in [0.4, 0.5) is 16.2 Å². The number of amides is 3. The topological polar surface area (TPSA) is 101 Å². The van der Waals surface area contributed by atoms with Crippen LogP contribution in [-0.4, -0.2) is 55.5 Å². The summed E-state index contributed by atoms with van der Waals surface area (Å²) in [5.41, 5.74) is 2.20. The maximum Gasteiger partial charge on any atom is 0.321 e. The predicted octanol–water partition coefficient (Wildman–Crippen LogP) is 3.49. The Morgan fingerprint density at radius 1 is 0.938 bits per heavy atom. The number of piperidine rings is 1. The van der Waals surface area contributed by atoms with Crippen molar-refractivity contribution in [3.05, 3.63) is 48.5 Å². The van der Waals surface area contributed by atoms with E-state index in [9.17, 15) is 9.59 Å². The van der Waals surface area contributed by atoms with Crippen LogP contribution in [0.25, 0.3) is 0 Å². The molecule has 4 rings (SSSR count). The van der Waals surface area contributed by atoms with Gasteiger partial charge < -0.3 is 29.8 Å². The highest BCUT2D eigenvalue weighted by Crippen LogP contribution is 2.32. The second kappa shape index (κ2) is 10.5. The number of ether oxygens (including phenoxy) is 2. The number of nitrogens with one attached hydrogen (secondary N) is 2. The van der Waals surface area contributed by atoms with Crippen molar-refractivity contribution in [3.8, 4) is 11.5 Å². The molecule has 0 atom stereocenters. The monoisotopic (exact) mass is 438 g/mol. The highest BCUT2D eigenvalue weighted by molar-refractivity contribution is 5.93. The Morgan fingerprint density at radius 2 is 1.69 bits per heavy atom. The highest BCUT2D eigenvalue weighted by atomic mass is 16.6. The van der Waals surface area contributed by atoms with E-state index in [-0.39, 0.29) is 18.5 Å². The Bertz CT molecular complexity index is 970. The van der Waals surface area contributed by atoms with Crippen LogP contribution in [0.2, 0.25) is 0 Å². The number of fused-ring (bicyclic) bond motifs is 1. The summed E-state index contributed by atoms with van der Waals surface area (Å²) in [6, 6.07) is 14.5. The van der Waals surface area contributed by atoms with Crippen LogP contribution in [0, 0.1) is 0 Å². The van der Waals surface area contributed by atoms with Crippen LogP contribution in [0.5, 0.6) is 11.5 Å². The lowest BCUT2D eigenvalue weighted by atomic mass is 10.1. The normalized spacial score (nSPS) is 15.4. The minimum absolute atomic E-state index is 0.134. The van der Waals surface area contributed by atoms with Gasteiger partial charge >= 0.3 is 6.03 Å². The van der Waals surface area contributed by atoms with Gasteiger partial charge in [-0.1, -0.05) is 23.4 Å². The number of para-hydroxylation sites is 1. The molecule has 0 bridgehead atoms. The Morgan fingerprint density at radius 3 is 2.47 bits per heavy atom. The molecule has 2 aliphatic rings. The molecule has 9 nitrogen and oxygen atoms in total. The molecule has 2 aliphatic heterocycles. The minimum Gasteiger partial charge on any atom is -0.490 e. The van der Waals surface area contributed by atoms with Crippen molar-refractivity contribution >= 4 is 29.0 Å². The Hall–Kier alpha value is -3.75. The largest absolute Gasteiger partial charge is 0.490 e. The molecule has 2 heterocycles. The molecule has 0 radical (unpaired) electrons. The van der Waals surface area contributed by atoms with Crippen LogP contribution in [0.3, 0.4) is 0 Å². The number of rotatable bonds is 5. The number of hydrogen-bond donors (Lipinski definition) is 2. The number of anilines is 2. The predicted molar refractivity (Wildman–Crippen MR) is 120 cm³/mol. The molecule has 1 saturated heterocycles. The Balaban J connectivity index is 1.19. The Kier molecular flexibility index (Phi) is 7.06. The number of carbonyl (C=O) groups excluding carboxylic acids is 2. The van der Waals surface area contributed by atoms with Gasteiger partial charge in [-0.2, -0.15) is 0 Å². The first-order valence-electron chi connectivity index (χ1n) is 10.7. The summed E-state index contributed by atoms with van der Waals surface area (Å²) in [5.74, 6) is 0.972. The second-order valence-electron chi connectivity index (χ2n) is 7.47. The summed E-state index contributed by atoms with van der Waals surface area (Å²) in [5, 5.41) is 9.72. The maximum absolute atomic E-state index is 12.3. The van der Waals surface area contributed by atoms with Crippen LogP contribution < -0.4 is 20.1 Å². The third-order valence-electron chi connectivity index (χ3n) is 5.07. The van der Waals surface area contributed by atoms with E-state index in [0.717, 1.165) is 17.8 Å². The summed E-state index contributed by atoms with van der Waals surface area (Å²) in [6.07, 6.45) is 2.03. The average Bonchev–Trinajstić information content (AvgIpc) is 3.05. The minimum atomic E-state index is -0.316. The number of hydrogen-bond acceptors (Lipinski definition) is 6. The van der Waals surface area contributed by atoms with Crippen molar-refractivity contribution < 1.29 is 23.9 Å². The zero-order chi connectivity index (χ0) is 22.2. The summed E-state index contributed by atoms with van der Waals surface area (Å²) in [6.45, 7) is 2.09. The lowest BCUT2D eigenvalue weighted by Gasteiger charge is -2.27. The molecule has 168 valence electrons. The molecule has 1 fully saturated rings. The fourth-order valence-corrected chi connectivity index (χ4v) is 3.40. The smallest absolute Gasteiger partial charge is 0.321 e. The molecule has 2 aromatic rings. The lowest BCUT2D eigenvalue weighted by Crippen LogP contribution is -2.41. The average molecular weight is 438 g/mol. The van der Waals surface area contributed by atoms with Crippen molar-refractivity contribution in [1.82, 2.24) is 4.90 Å². The maximum atomic E-state index is 12.3. The number of oxime groups is 1. The zero-order valence-corrected chi connectivity index (χ0v) is 17.7. The van der Waals surface area contributed by atoms with Gasteiger partial charge in [-0.05, 0) is 24.3 Å². The van der Waals surface area contributed by atoms with E-state index in [1.807, 2.05) is 30.3 Å². The van der Waals surface area contributed by atoms with Gasteiger partial charge in [0.2, 0.25) is 0 Å². The van der Waals surface area contributed by atoms with Crippen LogP contribution in [0.15, 0.2) is 53.7 Å². The number of benzene rings is 2. The van der Waals surface area contributed by atoms with Crippen LogP contribution >= 0.6 is 0 Å². The summed E-state index contributed by atoms with van der Waals surface area (Å²) < 4.78 is 11.2. The molecule has 32 heavy (non-hydrogen) atoms. The van der Waals surface area contributed by atoms with Gasteiger partial charge in [-0.15, -0.1) is 0 Å². The second-order valence-corrected chi connectivity index (χ2v) is 7.47. The number of likely N-dealkylation sites (tertiary alicyclic amines) is 1. The summed E-state index contributed by atoms with van der Waals surface area (Å²) in [4.78, 5) is 31.5. The first-order chi connectivity index (χ1) is 15.7. The van der Waals surface area contributed by atoms with Gasteiger partial charge in [0.05, 0.1) is 18.9 Å². The van der Waals surface area contributed by atoms with E-state index in [1.54, 1.807) is 23.1 Å². The number of nitrogens with zero attached hydrogens (tertiary/aromatic N) is 2. The first kappa shape index (κ1) is 21.5. The van der Waals surface area contributed by atoms with E-state index in [2.05, 4.69) is 15.8 Å². The molecular weight excluding hydrogens is 412 g/mol. The summed E-state index contributed by atoms with van der Waals surface area (Å²) in [7, 11) is 0. The van der Waals surface area contributed by atoms with Gasteiger partial charge in [-0.3, -0.25) is 4.79 Å². The standard InChI is InChI=1S/C23H26N4O5/c28-22(24-19-7-8-20-21(15-19)31-14-4-13-30-20)16-32-26-18-9-11-27(12-10-18)23(29)25-17-5-2-1-3-6-17/h1-3,5-8,15H,4,9-14,16H2,(H,24,28)(H,25,29). The zero-order valence-electron chi connectivity index (χ0n) is 17.7. The lowest BCUT2D eigenvalue weighted by molar-refractivity contribution is -0.120. The third-order valence-corrected chi connectivity index (χ3v) is 5.07. The number of carbonyl (C=O) groups is 2. The van der Waals surface area contributed by atoms with Gasteiger partial charge in [0.1, 0.15) is 0 Å². The molecule has 0 spiro atoms. The molecule has 3 amide bonds. The number of urea groups is 1. The Labute approximate surface area is 186 Å². The van der Waals surface area contributed by atoms with Gasteiger partial charge in [0, 0.05) is 49.8 Å². The van der Waals surface area contributed by atoms with Gasteiger partial charge in [-0.25, -0.2) is 4.79 Å². The van der Waals surface area contributed by atoms with Crippen molar-refractivity contribution in [3.63, 3.8) is 0 Å². The van der Waals surface area contributed by atoms with Crippen molar-refractivity contribution in [1.29, 1.82) is 0 Å².